The van der Waals surface area contributed by atoms with Crippen LogP contribution >= 0.6 is 0 Å². The van der Waals surface area contributed by atoms with Gasteiger partial charge in [-0.05, 0) is 65.1 Å². The van der Waals surface area contributed by atoms with Crippen molar-refractivity contribution in [3.63, 3.8) is 0 Å². The molecule has 0 aliphatic carbocycles. The molecular weight excluding hydrogens is 498 g/mol. The standard InChI is InChI=1S/C34H31N3O3/c38-33(19-14-25-12-17-30(18-13-25)40-24-27-6-2-1-3-7-27)37-22-26-10-15-28(16-11-26)34(39)35-21-20-29-23-36-32-9-5-4-8-31(29)32/h1-19,23,36H,20-22,24H2,(H,35,39)(H,37,38)/b19-14+. The van der Waals surface area contributed by atoms with Gasteiger partial charge in [-0.3, -0.25) is 9.59 Å². The lowest BCUT2D eigenvalue weighted by molar-refractivity contribution is -0.116. The maximum atomic E-state index is 12.6. The number of hydrogen-bond donors (Lipinski definition) is 3. The Morgan fingerprint density at radius 3 is 2.33 bits per heavy atom. The van der Waals surface area contributed by atoms with Gasteiger partial charge in [-0.2, -0.15) is 0 Å². The molecule has 5 aromatic rings. The molecule has 0 atom stereocenters. The van der Waals surface area contributed by atoms with Gasteiger partial charge in [0, 0.05) is 41.8 Å². The van der Waals surface area contributed by atoms with Crippen LogP contribution in [-0.4, -0.2) is 23.3 Å². The number of aromatic nitrogens is 1. The second-order valence-corrected chi connectivity index (χ2v) is 9.46. The Kier molecular flexibility index (Phi) is 8.69. The number of benzene rings is 4. The van der Waals surface area contributed by atoms with Crippen molar-refractivity contribution in [1.29, 1.82) is 0 Å². The van der Waals surface area contributed by atoms with Crippen LogP contribution < -0.4 is 15.4 Å². The Morgan fingerprint density at radius 1 is 0.775 bits per heavy atom. The first-order valence-corrected chi connectivity index (χ1v) is 13.3. The van der Waals surface area contributed by atoms with Gasteiger partial charge in [0.15, 0.2) is 0 Å². The molecule has 4 aromatic carbocycles. The molecular formula is C34H31N3O3. The van der Waals surface area contributed by atoms with Gasteiger partial charge in [0.2, 0.25) is 5.91 Å². The zero-order valence-electron chi connectivity index (χ0n) is 22.1. The lowest BCUT2D eigenvalue weighted by Gasteiger charge is -2.07. The number of carbonyl (C=O) groups excluding carboxylic acids is 2. The number of para-hydroxylation sites is 1. The number of amides is 2. The van der Waals surface area contributed by atoms with Crippen LogP contribution in [0.25, 0.3) is 17.0 Å². The zero-order chi connectivity index (χ0) is 27.6. The summed E-state index contributed by atoms with van der Waals surface area (Å²) in [6, 6.07) is 33.0. The molecule has 1 heterocycles. The SMILES string of the molecule is O=C(/C=C/c1ccc(OCc2ccccc2)cc1)NCc1ccc(C(=O)NCCc2c[nH]c3ccccc23)cc1. The molecule has 0 bridgehead atoms. The molecule has 0 saturated carbocycles. The first kappa shape index (κ1) is 26.5. The molecule has 1 aromatic heterocycles. The number of H-pyrrole nitrogens is 1. The number of hydrogen-bond acceptors (Lipinski definition) is 3. The molecule has 5 rings (SSSR count). The quantitative estimate of drug-likeness (QED) is 0.182. The molecule has 2 amide bonds. The van der Waals surface area contributed by atoms with Gasteiger partial charge in [0.1, 0.15) is 12.4 Å². The fourth-order valence-corrected chi connectivity index (χ4v) is 4.36. The van der Waals surface area contributed by atoms with Crippen LogP contribution in [0.2, 0.25) is 0 Å². The van der Waals surface area contributed by atoms with Crippen molar-refractivity contribution >= 4 is 28.8 Å². The minimum Gasteiger partial charge on any atom is -0.489 e. The van der Waals surface area contributed by atoms with Crippen LogP contribution in [0.4, 0.5) is 0 Å². The third-order valence-corrected chi connectivity index (χ3v) is 6.59. The van der Waals surface area contributed by atoms with E-state index in [0.29, 0.717) is 25.3 Å². The monoisotopic (exact) mass is 529 g/mol. The highest BCUT2D eigenvalue weighted by Crippen LogP contribution is 2.18. The van der Waals surface area contributed by atoms with E-state index in [-0.39, 0.29) is 11.8 Å². The van der Waals surface area contributed by atoms with Crippen molar-refractivity contribution in [2.45, 2.75) is 19.6 Å². The molecule has 0 aliphatic rings. The fraction of sp³-hybridized carbons (Fsp3) is 0.118. The van der Waals surface area contributed by atoms with Crippen LogP contribution in [-0.2, 0) is 24.4 Å². The number of fused-ring (bicyclic) bond motifs is 1. The van der Waals surface area contributed by atoms with Crippen LogP contribution in [0.1, 0.15) is 32.6 Å². The Morgan fingerprint density at radius 2 is 1.52 bits per heavy atom. The Labute approximate surface area is 233 Å². The third-order valence-electron chi connectivity index (χ3n) is 6.59. The third kappa shape index (κ3) is 7.26. The smallest absolute Gasteiger partial charge is 0.251 e. The average molecular weight is 530 g/mol. The Hall–Kier alpha value is -5.10. The van der Waals surface area contributed by atoms with Crippen LogP contribution in [0.3, 0.4) is 0 Å². The molecule has 0 radical (unpaired) electrons. The van der Waals surface area contributed by atoms with E-state index in [2.05, 4.69) is 21.7 Å². The van der Waals surface area contributed by atoms with E-state index in [4.69, 9.17) is 4.74 Å². The van der Waals surface area contributed by atoms with Crippen LogP contribution in [0, 0.1) is 0 Å². The lowest BCUT2D eigenvalue weighted by atomic mass is 10.1. The van der Waals surface area contributed by atoms with Gasteiger partial charge in [-0.15, -0.1) is 0 Å². The second-order valence-electron chi connectivity index (χ2n) is 9.46. The molecule has 0 fully saturated rings. The predicted molar refractivity (Wildman–Crippen MR) is 159 cm³/mol. The molecule has 200 valence electrons. The molecule has 6 nitrogen and oxygen atoms in total. The number of ether oxygens (including phenoxy) is 1. The number of carbonyl (C=O) groups is 2. The summed E-state index contributed by atoms with van der Waals surface area (Å²) in [4.78, 5) is 28.1. The molecule has 40 heavy (non-hydrogen) atoms. The molecule has 3 N–H and O–H groups in total. The maximum absolute atomic E-state index is 12.6. The van der Waals surface area contributed by atoms with Crippen LogP contribution in [0.15, 0.2) is 115 Å². The van der Waals surface area contributed by atoms with Gasteiger partial charge >= 0.3 is 0 Å². The van der Waals surface area contributed by atoms with Gasteiger partial charge in [0.05, 0.1) is 0 Å². The average Bonchev–Trinajstić information content (AvgIpc) is 3.42. The summed E-state index contributed by atoms with van der Waals surface area (Å²) in [7, 11) is 0. The summed E-state index contributed by atoms with van der Waals surface area (Å²) in [5, 5.41) is 7.04. The van der Waals surface area contributed by atoms with E-state index in [0.717, 1.165) is 34.4 Å². The minimum absolute atomic E-state index is 0.116. The maximum Gasteiger partial charge on any atom is 0.251 e. The Bertz CT molecular complexity index is 1590. The molecule has 0 aliphatic heterocycles. The van der Waals surface area contributed by atoms with E-state index >= 15 is 0 Å². The largest absolute Gasteiger partial charge is 0.489 e. The van der Waals surface area contributed by atoms with Crippen molar-refractivity contribution in [3.8, 4) is 5.75 Å². The van der Waals surface area contributed by atoms with E-state index in [1.165, 1.54) is 17.0 Å². The summed E-state index contributed by atoms with van der Waals surface area (Å²) >= 11 is 0. The first-order valence-electron chi connectivity index (χ1n) is 13.3. The molecule has 0 saturated heterocycles. The number of nitrogens with one attached hydrogen (secondary N) is 3. The summed E-state index contributed by atoms with van der Waals surface area (Å²) in [5.41, 5.74) is 5.80. The number of rotatable bonds is 11. The summed E-state index contributed by atoms with van der Waals surface area (Å²) < 4.78 is 5.80. The minimum atomic E-state index is -0.191. The normalized spacial score (nSPS) is 11.0. The van der Waals surface area contributed by atoms with E-state index in [9.17, 15) is 9.59 Å². The van der Waals surface area contributed by atoms with Crippen LogP contribution in [0.5, 0.6) is 5.75 Å². The first-order chi connectivity index (χ1) is 19.6. The predicted octanol–water partition coefficient (Wildman–Crippen LogP) is 6.05. The van der Waals surface area contributed by atoms with E-state index < -0.39 is 0 Å². The van der Waals surface area contributed by atoms with E-state index in [1.54, 1.807) is 18.2 Å². The summed E-state index contributed by atoms with van der Waals surface area (Å²) in [6.07, 6.45) is 6.02. The summed E-state index contributed by atoms with van der Waals surface area (Å²) in [6.45, 7) is 1.43. The number of aromatic amines is 1. The van der Waals surface area contributed by atoms with Gasteiger partial charge < -0.3 is 20.4 Å². The van der Waals surface area contributed by atoms with Gasteiger partial charge in [0.25, 0.3) is 5.91 Å². The highest BCUT2D eigenvalue weighted by Gasteiger charge is 2.07. The van der Waals surface area contributed by atoms with Crippen molar-refractivity contribution in [2.75, 3.05) is 6.54 Å². The van der Waals surface area contributed by atoms with E-state index in [1.807, 2.05) is 91.1 Å². The topological polar surface area (TPSA) is 83.2 Å². The fourth-order valence-electron chi connectivity index (χ4n) is 4.36. The summed E-state index contributed by atoms with van der Waals surface area (Å²) in [5.74, 6) is 0.468. The van der Waals surface area contributed by atoms with Gasteiger partial charge in [-0.1, -0.05) is 72.8 Å². The highest BCUT2D eigenvalue weighted by atomic mass is 16.5. The van der Waals surface area contributed by atoms with Crippen molar-refractivity contribution in [3.05, 3.63) is 143 Å². The Balaban J connectivity index is 1.03. The van der Waals surface area contributed by atoms with Crippen molar-refractivity contribution < 1.29 is 14.3 Å². The zero-order valence-corrected chi connectivity index (χ0v) is 22.1. The van der Waals surface area contributed by atoms with Crippen molar-refractivity contribution in [2.24, 2.45) is 0 Å². The molecule has 0 unspecified atom stereocenters. The second kappa shape index (κ2) is 13.1. The lowest BCUT2D eigenvalue weighted by Crippen LogP contribution is -2.25. The van der Waals surface area contributed by atoms with Gasteiger partial charge in [-0.25, -0.2) is 0 Å². The highest BCUT2D eigenvalue weighted by molar-refractivity contribution is 5.94. The molecule has 0 spiro atoms. The molecule has 6 heteroatoms. The van der Waals surface area contributed by atoms with Crippen molar-refractivity contribution in [1.82, 2.24) is 15.6 Å².